The molecule has 0 aliphatic heterocycles. The van der Waals surface area contributed by atoms with Gasteiger partial charge in [-0.3, -0.25) is 0 Å². The number of aromatic nitrogens is 3. The molecule has 0 bridgehead atoms. The summed E-state index contributed by atoms with van der Waals surface area (Å²) in [7, 11) is 0. The molecule has 0 aliphatic rings. The lowest BCUT2D eigenvalue weighted by Crippen LogP contribution is -2.08. The second kappa shape index (κ2) is 8.46. The summed E-state index contributed by atoms with van der Waals surface area (Å²) >= 11 is 1.46. The molecule has 1 rings (SSSR count). The van der Waals surface area contributed by atoms with Crippen molar-refractivity contribution in [2.45, 2.75) is 25.9 Å². The van der Waals surface area contributed by atoms with Gasteiger partial charge in [0.2, 0.25) is 0 Å². The van der Waals surface area contributed by atoms with Gasteiger partial charge in [0.15, 0.2) is 5.16 Å². The van der Waals surface area contributed by atoms with Crippen LogP contribution in [-0.2, 0) is 0 Å². The van der Waals surface area contributed by atoms with Crippen LogP contribution in [0.25, 0.3) is 0 Å². The van der Waals surface area contributed by atoms with E-state index in [4.69, 9.17) is 9.47 Å². The molecule has 1 aromatic heterocycles. The minimum absolute atomic E-state index is 0.230. The summed E-state index contributed by atoms with van der Waals surface area (Å²) in [4.78, 5) is 12.6. The third kappa shape index (κ3) is 7.51. The van der Waals surface area contributed by atoms with E-state index in [1.54, 1.807) is 0 Å². The highest BCUT2D eigenvalue weighted by molar-refractivity contribution is 7.99. The van der Waals surface area contributed by atoms with Gasteiger partial charge in [-0.05, 0) is 31.9 Å². The van der Waals surface area contributed by atoms with Crippen LogP contribution in [0.1, 0.15) is 20.8 Å². The van der Waals surface area contributed by atoms with E-state index in [0.29, 0.717) is 18.4 Å². The first-order valence-electron chi connectivity index (χ1n) is 6.44. The van der Waals surface area contributed by atoms with Gasteiger partial charge in [-0.15, -0.1) is 4.98 Å². The zero-order valence-corrected chi connectivity index (χ0v) is 13.6. The fourth-order valence-corrected chi connectivity index (χ4v) is 1.74. The maximum Gasteiger partial charge on any atom is 0.323 e. The largest absolute Gasteiger partial charge is 0.459 e. The van der Waals surface area contributed by atoms with Gasteiger partial charge >= 0.3 is 12.0 Å². The van der Waals surface area contributed by atoms with E-state index in [0.717, 1.165) is 22.5 Å². The number of ether oxygens (including phenoxy) is 2. The molecular formula is C15H21N3O2S. The van der Waals surface area contributed by atoms with Crippen LogP contribution >= 0.6 is 11.8 Å². The second-order valence-electron chi connectivity index (χ2n) is 4.92. The summed E-state index contributed by atoms with van der Waals surface area (Å²) in [6.07, 6.45) is 0. The molecule has 21 heavy (non-hydrogen) atoms. The number of rotatable bonds is 9. The quantitative estimate of drug-likeness (QED) is 0.514. The van der Waals surface area contributed by atoms with E-state index >= 15 is 0 Å². The van der Waals surface area contributed by atoms with Crippen molar-refractivity contribution in [1.82, 2.24) is 15.0 Å². The molecule has 0 radical (unpaired) electrons. The van der Waals surface area contributed by atoms with Crippen LogP contribution in [-0.4, -0.2) is 33.9 Å². The van der Waals surface area contributed by atoms with Crippen molar-refractivity contribution in [1.29, 1.82) is 0 Å². The first kappa shape index (κ1) is 17.2. The number of hydrogen-bond donors (Lipinski definition) is 0. The van der Waals surface area contributed by atoms with Crippen molar-refractivity contribution in [3.8, 4) is 12.0 Å². The van der Waals surface area contributed by atoms with Crippen molar-refractivity contribution >= 4 is 11.8 Å². The summed E-state index contributed by atoms with van der Waals surface area (Å²) in [6.45, 7) is 17.8. The molecule has 0 N–H and O–H groups in total. The van der Waals surface area contributed by atoms with Gasteiger partial charge in [0.05, 0.1) is 0 Å². The topological polar surface area (TPSA) is 57.1 Å². The van der Waals surface area contributed by atoms with Gasteiger partial charge in [-0.2, -0.15) is 9.97 Å². The number of thioether (sulfide) groups is 1. The van der Waals surface area contributed by atoms with Crippen molar-refractivity contribution in [2.24, 2.45) is 0 Å². The average Bonchev–Trinajstić information content (AvgIpc) is 2.40. The highest BCUT2D eigenvalue weighted by atomic mass is 32.2. The maximum absolute atomic E-state index is 5.46. The first-order valence-corrected chi connectivity index (χ1v) is 7.43. The van der Waals surface area contributed by atoms with E-state index in [2.05, 4.69) is 34.7 Å². The Balaban J connectivity index is 2.86. The van der Waals surface area contributed by atoms with Crippen LogP contribution in [0.5, 0.6) is 12.0 Å². The van der Waals surface area contributed by atoms with Gasteiger partial charge in [0.1, 0.15) is 13.2 Å². The summed E-state index contributed by atoms with van der Waals surface area (Å²) in [5.74, 6) is 0.726. The van der Waals surface area contributed by atoms with Crippen molar-refractivity contribution in [3.05, 3.63) is 36.5 Å². The van der Waals surface area contributed by atoms with Crippen LogP contribution < -0.4 is 9.47 Å². The van der Waals surface area contributed by atoms with E-state index in [1.807, 2.05) is 20.8 Å². The minimum Gasteiger partial charge on any atom is -0.459 e. The molecule has 0 amide bonds. The number of nitrogens with zero attached hydrogens (tertiary/aromatic N) is 3. The molecule has 0 saturated heterocycles. The summed E-state index contributed by atoms with van der Waals surface area (Å²) in [5.41, 5.74) is 2.81. The zero-order chi connectivity index (χ0) is 15.8. The summed E-state index contributed by atoms with van der Waals surface area (Å²) in [6, 6.07) is 0.461. The van der Waals surface area contributed by atoms with E-state index in [9.17, 15) is 0 Å². The van der Waals surface area contributed by atoms with Gasteiger partial charge in [-0.1, -0.05) is 37.1 Å². The third-order valence-corrected chi connectivity index (χ3v) is 2.99. The van der Waals surface area contributed by atoms with E-state index < -0.39 is 0 Å². The van der Waals surface area contributed by atoms with Crippen LogP contribution in [0.2, 0.25) is 0 Å². The zero-order valence-electron chi connectivity index (χ0n) is 12.8. The van der Waals surface area contributed by atoms with Crippen LogP contribution in [0.15, 0.2) is 41.6 Å². The molecule has 6 heteroatoms. The summed E-state index contributed by atoms with van der Waals surface area (Å²) in [5, 5.41) is 0.543. The van der Waals surface area contributed by atoms with Crippen LogP contribution in [0.3, 0.4) is 0 Å². The second-order valence-corrected chi connectivity index (χ2v) is 5.86. The molecule has 1 heterocycles. The van der Waals surface area contributed by atoms with Gasteiger partial charge in [0, 0.05) is 5.75 Å². The predicted octanol–water partition coefficient (Wildman–Crippen LogP) is 3.45. The fraction of sp³-hybridized carbons (Fsp3) is 0.400. The van der Waals surface area contributed by atoms with E-state index in [1.165, 1.54) is 11.8 Å². The lowest BCUT2D eigenvalue weighted by Gasteiger charge is -2.09. The molecule has 0 aliphatic carbocycles. The third-order valence-electron chi connectivity index (χ3n) is 1.92. The van der Waals surface area contributed by atoms with E-state index in [-0.39, 0.29) is 12.0 Å². The van der Waals surface area contributed by atoms with Crippen molar-refractivity contribution in [2.75, 3.05) is 19.0 Å². The SMILES string of the molecule is C=C(C)COc1nc(OCC(=C)C)nc(SCC(=C)C)n1. The van der Waals surface area contributed by atoms with Gasteiger partial charge in [0.25, 0.3) is 0 Å². The highest BCUT2D eigenvalue weighted by Gasteiger charge is 2.10. The Morgan fingerprint density at radius 3 is 1.71 bits per heavy atom. The van der Waals surface area contributed by atoms with Crippen LogP contribution in [0.4, 0.5) is 0 Å². The molecule has 0 atom stereocenters. The average molecular weight is 307 g/mol. The Labute approximate surface area is 130 Å². The molecule has 0 spiro atoms. The Bertz CT molecular complexity index is 455. The lowest BCUT2D eigenvalue weighted by atomic mass is 10.4. The molecule has 0 unspecified atom stereocenters. The Hall–Kier alpha value is -1.82. The fourth-order valence-electron chi connectivity index (χ4n) is 1.08. The van der Waals surface area contributed by atoms with Crippen molar-refractivity contribution in [3.63, 3.8) is 0 Å². The molecule has 0 fully saturated rings. The van der Waals surface area contributed by atoms with Gasteiger partial charge < -0.3 is 9.47 Å². The monoisotopic (exact) mass is 307 g/mol. The van der Waals surface area contributed by atoms with Crippen LogP contribution in [0, 0.1) is 0 Å². The highest BCUT2D eigenvalue weighted by Crippen LogP contribution is 2.20. The molecule has 5 nitrogen and oxygen atoms in total. The lowest BCUT2D eigenvalue weighted by molar-refractivity contribution is 0.283. The normalized spacial score (nSPS) is 10.0. The molecular weight excluding hydrogens is 286 g/mol. The molecule has 1 aromatic rings. The Morgan fingerprint density at radius 1 is 0.857 bits per heavy atom. The molecule has 0 aromatic carbocycles. The molecule has 0 saturated carbocycles. The smallest absolute Gasteiger partial charge is 0.323 e. The maximum atomic E-state index is 5.46. The standard InChI is InChI=1S/C15H21N3O2S/c1-10(2)7-19-13-16-14(20-8-11(3)4)18-15(17-13)21-9-12(5)6/h1,3,5,7-9H2,2,4,6H3. The van der Waals surface area contributed by atoms with Crippen molar-refractivity contribution < 1.29 is 9.47 Å². The Morgan fingerprint density at radius 2 is 1.33 bits per heavy atom. The minimum atomic E-state index is 0.230. The summed E-state index contributed by atoms with van der Waals surface area (Å²) < 4.78 is 10.9. The Kier molecular flexibility index (Phi) is 6.94. The first-order chi connectivity index (χ1) is 9.86. The van der Waals surface area contributed by atoms with Gasteiger partial charge in [-0.25, -0.2) is 0 Å². The predicted molar refractivity (Wildman–Crippen MR) is 86.0 cm³/mol. The number of hydrogen-bond acceptors (Lipinski definition) is 6. The molecule has 114 valence electrons.